The van der Waals surface area contributed by atoms with Crippen LogP contribution in [0.2, 0.25) is 0 Å². The van der Waals surface area contributed by atoms with Gasteiger partial charge in [0.05, 0.1) is 12.5 Å². The van der Waals surface area contributed by atoms with E-state index in [9.17, 15) is 9.90 Å². The minimum Gasteiger partial charge on any atom is -0.466 e. The monoisotopic (exact) mass is 216 g/mol. The summed E-state index contributed by atoms with van der Waals surface area (Å²) in [6.07, 6.45) is 2.33. The molecule has 0 unspecified atom stereocenters. The topological polar surface area (TPSA) is 55.8 Å². The SMILES string of the molecule is CCOC(=O)C1CCC(O)(OCC)CC1. The van der Waals surface area contributed by atoms with Crippen LogP contribution in [0.3, 0.4) is 0 Å². The molecule has 15 heavy (non-hydrogen) atoms. The second kappa shape index (κ2) is 5.47. The molecule has 0 aromatic heterocycles. The molecule has 0 aliphatic heterocycles. The Kier molecular flexibility index (Phi) is 4.54. The van der Waals surface area contributed by atoms with E-state index in [1.54, 1.807) is 6.92 Å². The normalized spacial score (nSPS) is 31.3. The Hall–Kier alpha value is -0.610. The molecule has 4 heteroatoms. The van der Waals surface area contributed by atoms with Crippen molar-refractivity contribution in [2.24, 2.45) is 5.92 Å². The molecule has 0 saturated heterocycles. The van der Waals surface area contributed by atoms with E-state index in [2.05, 4.69) is 0 Å². The van der Waals surface area contributed by atoms with Crippen molar-refractivity contribution in [1.29, 1.82) is 0 Å². The van der Waals surface area contributed by atoms with Gasteiger partial charge in [-0.05, 0) is 26.7 Å². The summed E-state index contributed by atoms with van der Waals surface area (Å²) in [7, 11) is 0. The fourth-order valence-electron chi connectivity index (χ4n) is 1.98. The maximum absolute atomic E-state index is 11.4. The molecule has 0 amide bonds. The summed E-state index contributed by atoms with van der Waals surface area (Å²) in [6, 6.07) is 0. The van der Waals surface area contributed by atoms with Crippen LogP contribution >= 0.6 is 0 Å². The minimum absolute atomic E-state index is 0.0642. The van der Waals surface area contributed by atoms with Gasteiger partial charge in [0, 0.05) is 19.4 Å². The largest absolute Gasteiger partial charge is 0.466 e. The third-order valence-electron chi connectivity index (χ3n) is 2.80. The highest BCUT2D eigenvalue weighted by molar-refractivity contribution is 5.72. The summed E-state index contributed by atoms with van der Waals surface area (Å²) in [5.74, 6) is -1.22. The number of hydrogen-bond donors (Lipinski definition) is 1. The van der Waals surface area contributed by atoms with E-state index in [0.717, 1.165) is 0 Å². The van der Waals surface area contributed by atoms with Crippen LogP contribution in [0.4, 0.5) is 0 Å². The van der Waals surface area contributed by atoms with Crippen molar-refractivity contribution in [2.45, 2.75) is 45.3 Å². The van der Waals surface area contributed by atoms with Gasteiger partial charge in [-0.2, -0.15) is 0 Å². The summed E-state index contributed by atoms with van der Waals surface area (Å²) >= 11 is 0. The highest BCUT2D eigenvalue weighted by atomic mass is 16.6. The lowest BCUT2D eigenvalue weighted by Gasteiger charge is -2.34. The number of esters is 1. The number of carbonyl (C=O) groups excluding carboxylic acids is 1. The molecule has 0 atom stereocenters. The van der Waals surface area contributed by atoms with Gasteiger partial charge in [-0.1, -0.05) is 0 Å². The Labute approximate surface area is 90.6 Å². The van der Waals surface area contributed by atoms with Gasteiger partial charge in [-0.3, -0.25) is 4.79 Å². The number of aliphatic hydroxyl groups is 1. The minimum atomic E-state index is -1.02. The van der Waals surface area contributed by atoms with Crippen LogP contribution in [0.1, 0.15) is 39.5 Å². The van der Waals surface area contributed by atoms with E-state index >= 15 is 0 Å². The van der Waals surface area contributed by atoms with Gasteiger partial charge in [0.2, 0.25) is 0 Å². The summed E-state index contributed by atoms with van der Waals surface area (Å²) in [6.45, 7) is 4.58. The Morgan fingerprint density at radius 1 is 1.33 bits per heavy atom. The first-order valence-electron chi connectivity index (χ1n) is 5.64. The van der Waals surface area contributed by atoms with Crippen LogP contribution in [0.25, 0.3) is 0 Å². The van der Waals surface area contributed by atoms with E-state index in [4.69, 9.17) is 9.47 Å². The zero-order valence-electron chi connectivity index (χ0n) is 9.49. The van der Waals surface area contributed by atoms with Crippen LogP contribution in [0.5, 0.6) is 0 Å². The number of ether oxygens (including phenoxy) is 2. The van der Waals surface area contributed by atoms with Crippen molar-refractivity contribution in [3.63, 3.8) is 0 Å². The molecule has 4 nitrogen and oxygen atoms in total. The van der Waals surface area contributed by atoms with Gasteiger partial charge < -0.3 is 14.6 Å². The second-order valence-corrected chi connectivity index (χ2v) is 3.91. The van der Waals surface area contributed by atoms with Gasteiger partial charge in [0.25, 0.3) is 0 Å². The van der Waals surface area contributed by atoms with Crippen molar-refractivity contribution >= 4 is 5.97 Å². The molecule has 0 spiro atoms. The zero-order valence-corrected chi connectivity index (χ0v) is 9.49. The third kappa shape index (κ3) is 3.47. The van der Waals surface area contributed by atoms with Crippen molar-refractivity contribution in [3.8, 4) is 0 Å². The first kappa shape index (κ1) is 12.5. The van der Waals surface area contributed by atoms with E-state index in [1.165, 1.54) is 0 Å². The van der Waals surface area contributed by atoms with Gasteiger partial charge >= 0.3 is 5.97 Å². The Bertz CT molecular complexity index is 207. The lowest BCUT2D eigenvalue weighted by molar-refractivity contribution is -0.223. The molecule has 0 bridgehead atoms. The Morgan fingerprint density at radius 2 is 1.93 bits per heavy atom. The van der Waals surface area contributed by atoms with Crippen LogP contribution in [0, 0.1) is 5.92 Å². The molecule has 1 fully saturated rings. The van der Waals surface area contributed by atoms with Crippen molar-refractivity contribution in [3.05, 3.63) is 0 Å². The van der Waals surface area contributed by atoms with Crippen molar-refractivity contribution in [1.82, 2.24) is 0 Å². The number of hydrogen-bond acceptors (Lipinski definition) is 4. The lowest BCUT2D eigenvalue weighted by Crippen LogP contribution is -2.38. The molecule has 1 saturated carbocycles. The lowest BCUT2D eigenvalue weighted by atomic mass is 9.85. The molecule has 88 valence electrons. The highest BCUT2D eigenvalue weighted by Gasteiger charge is 2.36. The first-order chi connectivity index (χ1) is 7.11. The molecule has 0 aromatic carbocycles. The highest BCUT2D eigenvalue weighted by Crippen LogP contribution is 2.33. The van der Waals surface area contributed by atoms with Crippen LogP contribution < -0.4 is 0 Å². The maximum atomic E-state index is 11.4. The van der Waals surface area contributed by atoms with E-state index in [1.807, 2.05) is 6.92 Å². The standard InChI is InChI=1S/C11H20O4/c1-3-14-10(12)9-5-7-11(13,8-6-9)15-4-2/h9,13H,3-8H2,1-2H3. The quantitative estimate of drug-likeness (QED) is 0.571. The molecule has 1 N–H and O–H groups in total. The summed E-state index contributed by atoms with van der Waals surface area (Å²) in [5.41, 5.74) is 0. The van der Waals surface area contributed by atoms with Crippen LogP contribution in [0.15, 0.2) is 0 Å². The van der Waals surface area contributed by atoms with Crippen LogP contribution in [-0.4, -0.2) is 30.1 Å². The fraction of sp³-hybridized carbons (Fsp3) is 0.909. The third-order valence-corrected chi connectivity index (χ3v) is 2.80. The average molecular weight is 216 g/mol. The van der Waals surface area contributed by atoms with Crippen LogP contribution in [-0.2, 0) is 14.3 Å². The molecule has 0 aromatic rings. The van der Waals surface area contributed by atoms with Crippen molar-refractivity contribution < 1.29 is 19.4 Å². The second-order valence-electron chi connectivity index (χ2n) is 3.91. The van der Waals surface area contributed by atoms with Gasteiger partial charge in [-0.25, -0.2) is 0 Å². The first-order valence-corrected chi connectivity index (χ1v) is 5.64. The molecular weight excluding hydrogens is 196 g/mol. The Morgan fingerprint density at radius 3 is 2.40 bits per heavy atom. The van der Waals surface area contributed by atoms with Crippen molar-refractivity contribution in [2.75, 3.05) is 13.2 Å². The van der Waals surface area contributed by atoms with Gasteiger partial charge in [0.15, 0.2) is 5.79 Å². The molecule has 1 aliphatic carbocycles. The Balaban J connectivity index is 2.38. The molecule has 0 heterocycles. The van der Waals surface area contributed by atoms with Gasteiger partial charge in [-0.15, -0.1) is 0 Å². The zero-order chi connectivity index (χ0) is 11.3. The van der Waals surface area contributed by atoms with E-state index in [-0.39, 0.29) is 11.9 Å². The number of rotatable bonds is 4. The molecule has 1 aliphatic rings. The average Bonchev–Trinajstić information content (AvgIpc) is 2.19. The van der Waals surface area contributed by atoms with E-state index in [0.29, 0.717) is 38.9 Å². The summed E-state index contributed by atoms with van der Waals surface area (Å²) in [5, 5.41) is 9.93. The molecule has 1 rings (SSSR count). The predicted octanol–water partition coefficient (Wildman–Crippen LogP) is 1.46. The fourth-order valence-corrected chi connectivity index (χ4v) is 1.98. The maximum Gasteiger partial charge on any atom is 0.308 e. The van der Waals surface area contributed by atoms with Gasteiger partial charge in [0.1, 0.15) is 0 Å². The summed E-state index contributed by atoms with van der Waals surface area (Å²) in [4.78, 5) is 11.4. The molecule has 0 radical (unpaired) electrons. The number of carbonyl (C=O) groups is 1. The van der Waals surface area contributed by atoms with E-state index < -0.39 is 5.79 Å². The molecular formula is C11H20O4. The predicted molar refractivity (Wildman–Crippen MR) is 55.2 cm³/mol. The smallest absolute Gasteiger partial charge is 0.308 e. The summed E-state index contributed by atoms with van der Waals surface area (Å²) < 4.78 is 10.2.